The van der Waals surface area contributed by atoms with Crippen LogP contribution < -0.4 is 4.74 Å². The number of aryl methyl sites for hydroxylation is 1. The van der Waals surface area contributed by atoms with E-state index in [0.29, 0.717) is 30.1 Å². The first-order valence-electron chi connectivity index (χ1n) is 14.9. The summed E-state index contributed by atoms with van der Waals surface area (Å²) in [6, 6.07) is 11.7. The van der Waals surface area contributed by atoms with Crippen molar-refractivity contribution in [3.8, 4) is 27.6 Å². The van der Waals surface area contributed by atoms with Gasteiger partial charge in [0.05, 0.1) is 52.6 Å². The summed E-state index contributed by atoms with van der Waals surface area (Å²) < 4.78 is 46.7. The molecule has 47 heavy (non-hydrogen) atoms. The molecule has 1 atom stereocenters. The van der Waals surface area contributed by atoms with Gasteiger partial charge in [-0.1, -0.05) is 19.9 Å². The van der Waals surface area contributed by atoms with Crippen molar-refractivity contribution in [2.45, 2.75) is 32.9 Å². The van der Waals surface area contributed by atoms with Crippen LogP contribution in [0, 0.1) is 17.0 Å². The molecule has 6 aromatic rings. The van der Waals surface area contributed by atoms with Crippen molar-refractivity contribution >= 4 is 28.3 Å². The molecule has 0 radical (unpaired) electrons. The summed E-state index contributed by atoms with van der Waals surface area (Å²) in [5.41, 5.74) is 2.27. The van der Waals surface area contributed by atoms with E-state index in [2.05, 4.69) is 28.9 Å². The zero-order valence-corrected chi connectivity index (χ0v) is 26.6. The van der Waals surface area contributed by atoms with Crippen molar-refractivity contribution in [1.29, 1.82) is 0 Å². The number of thiazole rings is 1. The van der Waals surface area contributed by atoms with Crippen LogP contribution in [0.15, 0.2) is 67.1 Å². The molecule has 240 valence electrons. The minimum Gasteiger partial charge on any atom is -0.478 e. The number of carboxylic acids is 1. The van der Waals surface area contributed by atoms with Gasteiger partial charge in [-0.05, 0) is 42.0 Å². The van der Waals surface area contributed by atoms with Crippen LogP contribution in [0.5, 0.6) is 5.88 Å². The first-order valence-corrected chi connectivity index (χ1v) is 15.7. The summed E-state index contributed by atoms with van der Waals surface area (Å²) in [4.78, 5) is 26.3. The van der Waals surface area contributed by atoms with Gasteiger partial charge in [0.2, 0.25) is 5.88 Å². The first kappa shape index (κ1) is 30.6. The molecular weight excluding hydrogens is 626 g/mol. The summed E-state index contributed by atoms with van der Waals surface area (Å²) in [5, 5.41) is 14.5. The number of aromatic carboxylic acids is 1. The van der Waals surface area contributed by atoms with Crippen molar-refractivity contribution in [1.82, 2.24) is 29.3 Å². The zero-order chi connectivity index (χ0) is 32.9. The Balaban J connectivity index is 1.15. The Labute approximate surface area is 272 Å². The van der Waals surface area contributed by atoms with Crippen molar-refractivity contribution < 1.29 is 28.2 Å². The van der Waals surface area contributed by atoms with Crippen LogP contribution in [0.3, 0.4) is 0 Å². The number of aromatic nitrogens is 6. The van der Waals surface area contributed by atoms with E-state index in [0.717, 1.165) is 27.6 Å². The summed E-state index contributed by atoms with van der Waals surface area (Å²) in [6.45, 7) is 5.15. The summed E-state index contributed by atoms with van der Waals surface area (Å²) in [6.07, 6.45) is 5.41. The third kappa shape index (κ3) is 5.99. The molecule has 0 unspecified atom stereocenters. The van der Waals surface area contributed by atoms with E-state index in [-0.39, 0.29) is 52.7 Å². The zero-order valence-electron chi connectivity index (χ0n) is 25.8. The molecule has 1 aliphatic rings. The van der Waals surface area contributed by atoms with Gasteiger partial charge < -0.3 is 19.1 Å². The Morgan fingerprint density at radius 1 is 1.13 bits per heavy atom. The van der Waals surface area contributed by atoms with Gasteiger partial charge in [-0.3, -0.25) is 4.68 Å². The van der Waals surface area contributed by atoms with Crippen LogP contribution in [0.2, 0.25) is 0 Å². The lowest BCUT2D eigenvalue weighted by Gasteiger charge is -2.28. The minimum absolute atomic E-state index is 0.00487. The number of hydrogen-bond donors (Lipinski definition) is 1. The Bertz CT molecular complexity index is 2140. The van der Waals surface area contributed by atoms with Crippen molar-refractivity contribution in [2.75, 3.05) is 13.2 Å². The van der Waals surface area contributed by atoms with E-state index in [4.69, 9.17) is 14.5 Å². The van der Waals surface area contributed by atoms with Gasteiger partial charge in [0.15, 0.2) is 0 Å². The number of fused-ring (bicyclic) bond motifs is 1. The smallest absolute Gasteiger partial charge is 0.335 e. The molecule has 1 N–H and O–H groups in total. The molecule has 4 aromatic heterocycles. The predicted molar refractivity (Wildman–Crippen MR) is 171 cm³/mol. The van der Waals surface area contributed by atoms with E-state index in [9.17, 15) is 9.90 Å². The molecule has 5 heterocycles. The molecule has 1 fully saturated rings. The van der Waals surface area contributed by atoms with Gasteiger partial charge in [0, 0.05) is 48.5 Å². The van der Waals surface area contributed by atoms with Crippen molar-refractivity contribution in [2.24, 2.45) is 12.5 Å². The van der Waals surface area contributed by atoms with E-state index >= 15 is 8.78 Å². The van der Waals surface area contributed by atoms with Crippen LogP contribution in [0.25, 0.3) is 32.7 Å². The van der Waals surface area contributed by atoms with Gasteiger partial charge in [0.1, 0.15) is 29.1 Å². The SMILES string of the molecule is Cn1cc(-c2cnc(COc3cccc(-c4cc(F)c(Cc5nc6ccc(C(=O)O)cc6n5[C@H]5COCC5(C)C)cc4F)n3)s2)cn1. The highest BCUT2D eigenvalue weighted by Gasteiger charge is 2.39. The van der Waals surface area contributed by atoms with Gasteiger partial charge in [-0.2, -0.15) is 5.10 Å². The van der Waals surface area contributed by atoms with Gasteiger partial charge in [-0.15, -0.1) is 11.3 Å². The molecule has 7 rings (SSSR count). The number of benzene rings is 2. The Morgan fingerprint density at radius 2 is 1.98 bits per heavy atom. The molecular formula is C34H30F2N6O4S. The monoisotopic (exact) mass is 656 g/mol. The van der Waals surface area contributed by atoms with Crippen LogP contribution in [-0.2, 0) is 24.8 Å². The Kier molecular flexibility index (Phi) is 7.80. The van der Waals surface area contributed by atoms with Gasteiger partial charge in [-0.25, -0.2) is 28.5 Å². The fourth-order valence-electron chi connectivity index (χ4n) is 5.86. The van der Waals surface area contributed by atoms with Crippen LogP contribution in [0.4, 0.5) is 8.78 Å². The quantitative estimate of drug-likeness (QED) is 0.183. The van der Waals surface area contributed by atoms with Crippen molar-refractivity contribution in [3.63, 3.8) is 0 Å². The molecule has 0 bridgehead atoms. The average Bonchev–Trinajstić information content (AvgIpc) is 3.83. The van der Waals surface area contributed by atoms with Crippen LogP contribution >= 0.6 is 11.3 Å². The number of pyridine rings is 1. The van der Waals surface area contributed by atoms with E-state index in [1.807, 2.05) is 17.8 Å². The topological polar surface area (TPSA) is 117 Å². The van der Waals surface area contributed by atoms with Crippen LogP contribution in [0.1, 0.15) is 46.6 Å². The molecule has 0 saturated carbocycles. The van der Waals surface area contributed by atoms with Crippen molar-refractivity contribution in [3.05, 3.63) is 101 Å². The molecule has 0 amide bonds. The number of nitrogens with zero attached hydrogens (tertiary/aromatic N) is 6. The lowest BCUT2D eigenvalue weighted by molar-refractivity contribution is 0.0697. The number of hydrogen-bond acceptors (Lipinski definition) is 8. The second-order valence-electron chi connectivity index (χ2n) is 12.2. The summed E-state index contributed by atoms with van der Waals surface area (Å²) in [5.74, 6) is -1.59. The fraction of sp³-hybridized carbons (Fsp3) is 0.265. The molecule has 2 aromatic carbocycles. The maximum atomic E-state index is 15.7. The number of rotatable bonds is 9. The largest absolute Gasteiger partial charge is 0.478 e. The van der Waals surface area contributed by atoms with E-state index in [1.165, 1.54) is 17.4 Å². The maximum Gasteiger partial charge on any atom is 0.335 e. The highest BCUT2D eigenvalue weighted by Crippen LogP contribution is 2.41. The molecule has 0 aliphatic carbocycles. The lowest BCUT2D eigenvalue weighted by atomic mass is 9.87. The van der Waals surface area contributed by atoms with E-state index < -0.39 is 17.6 Å². The normalized spacial score (nSPS) is 15.8. The first-order chi connectivity index (χ1) is 22.6. The number of carboxylic acid groups (broad SMARTS) is 1. The van der Waals surface area contributed by atoms with Gasteiger partial charge >= 0.3 is 5.97 Å². The average molecular weight is 657 g/mol. The number of imidazole rings is 1. The highest BCUT2D eigenvalue weighted by atomic mass is 32.1. The predicted octanol–water partition coefficient (Wildman–Crippen LogP) is 6.70. The summed E-state index contributed by atoms with van der Waals surface area (Å²) in [7, 11) is 1.85. The molecule has 1 aliphatic heterocycles. The van der Waals surface area contributed by atoms with Crippen LogP contribution in [-0.4, -0.2) is 53.6 Å². The molecule has 10 nitrogen and oxygen atoms in total. The highest BCUT2D eigenvalue weighted by molar-refractivity contribution is 7.15. The third-order valence-corrected chi connectivity index (χ3v) is 9.36. The molecule has 13 heteroatoms. The maximum absolute atomic E-state index is 15.7. The number of ether oxygens (including phenoxy) is 2. The minimum atomic E-state index is -1.06. The third-order valence-electron chi connectivity index (χ3n) is 8.34. The summed E-state index contributed by atoms with van der Waals surface area (Å²) >= 11 is 1.47. The Hall–Kier alpha value is -5.01. The van der Waals surface area contributed by atoms with Gasteiger partial charge in [0.25, 0.3) is 0 Å². The Morgan fingerprint density at radius 3 is 2.72 bits per heavy atom. The second kappa shape index (κ2) is 12.0. The fourth-order valence-corrected chi connectivity index (χ4v) is 6.66. The second-order valence-corrected chi connectivity index (χ2v) is 13.3. The van der Waals surface area contributed by atoms with E-state index in [1.54, 1.807) is 47.4 Å². The number of halogens is 2. The molecule has 1 saturated heterocycles. The lowest BCUT2D eigenvalue weighted by Crippen LogP contribution is -2.27. The molecule has 0 spiro atoms. The standard InChI is InChI=1S/C34H30F2N6O4S/c1-34(2)18-45-16-29(34)42-27-10-19(33(43)44)7-8-26(27)39-30(42)11-20-9-24(36)22(12-23(20)35)25-5-4-6-31(40-25)46-17-32-37-14-28(47-32)21-13-38-41(3)15-21/h4-10,12-15,29H,11,16-18H2,1-3H3,(H,43,44)/t29-/m0/s1. The number of carbonyl (C=O) groups is 1.